The first kappa shape index (κ1) is 18.8. The molecule has 0 saturated heterocycles. The highest BCUT2D eigenvalue weighted by molar-refractivity contribution is 8.02. The molecule has 0 amide bonds. The van der Waals surface area contributed by atoms with Crippen LogP contribution in [-0.2, 0) is 4.74 Å². The Morgan fingerprint density at radius 2 is 2.04 bits per heavy atom. The van der Waals surface area contributed by atoms with Crippen LogP contribution in [0, 0.1) is 0 Å². The van der Waals surface area contributed by atoms with Crippen LogP contribution in [0.25, 0.3) is 11.1 Å². The van der Waals surface area contributed by atoms with Crippen molar-refractivity contribution in [3.8, 4) is 28.4 Å². The van der Waals surface area contributed by atoms with E-state index in [1.807, 2.05) is 24.3 Å². The van der Waals surface area contributed by atoms with Crippen molar-refractivity contribution in [2.24, 2.45) is 0 Å². The van der Waals surface area contributed by atoms with Gasteiger partial charge in [0.2, 0.25) is 6.79 Å². The van der Waals surface area contributed by atoms with E-state index in [4.69, 9.17) is 21.1 Å². The molecular formula is C19H14ClNO5S2. The predicted octanol–water partition coefficient (Wildman–Crippen LogP) is 5.41. The molecule has 6 nitrogen and oxygen atoms in total. The van der Waals surface area contributed by atoms with E-state index in [0.717, 1.165) is 21.1 Å². The van der Waals surface area contributed by atoms with Gasteiger partial charge in [0.05, 0.1) is 11.3 Å². The van der Waals surface area contributed by atoms with Gasteiger partial charge in [-0.05, 0) is 47.8 Å². The number of hydrogen-bond donors (Lipinski definition) is 2. The number of rotatable bonds is 5. The Morgan fingerprint density at radius 1 is 1.21 bits per heavy atom. The van der Waals surface area contributed by atoms with Gasteiger partial charge in [-0.25, -0.2) is 4.79 Å². The standard InChI is InChI=1S/C19H14ClNO5S2/c1-24-19(23)12-4-3-11(7-14(12)22)21-28-17-8-13(18(20)27-17)10-2-5-15-16(6-10)26-9-25-15/h2-8,21-22H,9H2,1H3. The minimum absolute atomic E-state index is 0.113. The Morgan fingerprint density at radius 3 is 2.82 bits per heavy atom. The topological polar surface area (TPSA) is 77.0 Å². The fourth-order valence-electron chi connectivity index (χ4n) is 2.65. The number of phenols is 1. The van der Waals surface area contributed by atoms with Gasteiger partial charge < -0.3 is 24.0 Å². The summed E-state index contributed by atoms with van der Waals surface area (Å²) < 4.78 is 20.1. The molecule has 0 bridgehead atoms. The van der Waals surface area contributed by atoms with E-state index in [-0.39, 0.29) is 18.1 Å². The summed E-state index contributed by atoms with van der Waals surface area (Å²) in [5.74, 6) is 0.688. The first-order chi connectivity index (χ1) is 13.5. The summed E-state index contributed by atoms with van der Waals surface area (Å²) in [4.78, 5) is 11.5. The zero-order chi connectivity index (χ0) is 19.7. The Labute approximate surface area is 174 Å². The Bertz CT molecular complexity index is 1050. The van der Waals surface area contributed by atoms with Crippen LogP contribution >= 0.6 is 34.9 Å². The molecule has 144 valence electrons. The molecule has 0 radical (unpaired) electrons. The van der Waals surface area contributed by atoms with E-state index in [2.05, 4.69) is 9.46 Å². The van der Waals surface area contributed by atoms with Gasteiger partial charge in [0.25, 0.3) is 0 Å². The lowest BCUT2D eigenvalue weighted by atomic mass is 10.1. The summed E-state index contributed by atoms with van der Waals surface area (Å²) in [6.07, 6.45) is 0. The number of carbonyl (C=O) groups excluding carboxylic acids is 1. The maximum absolute atomic E-state index is 11.5. The van der Waals surface area contributed by atoms with Gasteiger partial charge in [-0.2, -0.15) is 0 Å². The Balaban J connectivity index is 1.49. The second-order valence-corrected chi connectivity index (χ2v) is 8.51. The third-order valence-corrected chi connectivity index (χ3v) is 6.33. The highest BCUT2D eigenvalue weighted by Crippen LogP contribution is 2.43. The summed E-state index contributed by atoms with van der Waals surface area (Å²) in [7, 11) is 1.27. The largest absolute Gasteiger partial charge is 0.507 e. The number of hydrogen-bond acceptors (Lipinski definition) is 8. The van der Waals surface area contributed by atoms with Crippen molar-refractivity contribution in [1.82, 2.24) is 0 Å². The van der Waals surface area contributed by atoms with Crippen LogP contribution in [0.1, 0.15) is 10.4 Å². The lowest BCUT2D eigenvalue weighted by Crippen LogP contribution is -2.01. The number of aromatic hydroxyl groups is 1. The van der Waals surface area contributed by atoms with Gasteiger partial charge in [0, 0.05) is 17.3 Å². The third-order valence-electron chi connectivity index (χ3n) is 4.02. The number of nitrogens with one attached hydrogen (secondary N) is 1. The second kappa shape index (κ2) is 7.83. The highest BCUT2D eigenvalue weighted by atomic mass is 35.5. The average molecular weight is 436 g/mol. The van der Waals surface area contributed by atoms with Crippen LogP contribution in [0.4, 0.5) is 5.69 Å². The minimum atomic E-state index is -0.588. The number of ether oxygens (including phenoxy) is 3. The molecule has 9 heteroatoms. The van der Waals surface area contributed by atoms with Gasteiger partial charge in [-0.15, -0.1) is 11.3 Å². The molecular weight excluding hydrogens is 422 g/mol. The molecule has 0 saturated carbocycles. The third kappa shape index (κ3) is 3.71. The minimum Gasteiger partial charge on any atom is -0.507 e. The first-order valence-electron chi connectivity index (χ1n) is 8.08. The van der Waals surface area contributed by atoms with Crippen LogP contribution < -0.4 is 14.2 Å². The van der Waals surface area contributed by atoms with Crippen LogP contribution in [-0.4, -0.2) is 25.0 Å². The van der Waals surface area contributed by atoms with Gasteiger partial charge in [0.15, 0.2) is 11.5 Å². The van der Waals surface area contributed by atoms with Crippen molar-refractivity contribution in [2.45, 2.75) is 4.21 Å². The number of carbonyl (C=O) groups is 1. The van der Waals surface area contributed by atoms with Gasteiger partial charge in [-0.1, -0.05) is 17.7 Å². The average Bonchev–Trinajstić information content (AvgIpc) is 3.31. The van der Waals surface area contributed by atoms with Gasteiger partial charge in [-0.3, -0.25) is 0 Å². The number of benzene rings is 2. The molecule has 1 aliphatic rings. The fourth-order valence-corrected chi connectivity index (χ4v) is 4.90. The normalized spacial score (nSPS) is 12.1. The van der Waals surface area contributed by atoms with Crippen molar-refractivity contribution >= 4 is 46.5 Å². The highest BCUT2D eigenvalue weighted by Gasteiger charge is 2.17. The first-order valence-corrected chi connectivity index (χ1v) is 10.1. The Kier molecular flexibility index (Phi) is 5.25. The molecule has 2 N–H and O–H groups in total. The molecule has 1 aromatic heterocycles. The monoisotopic (exact) mass is 435 g/mol. The van der Waals surface area contributed by atoms with Crippen molar-refractivity contribution in [2.75, 3.05) is 18.6 Å². The fraction of sp³-hybridized carbons (Fsp3) is 0.105. The van der Waals surface area contributed by atoms with Crippen LogP contribution in [0.2, 0.25) is 4.34 Å². The number of esters is 1. The molecule has 2 aromatic carbocycles. The molecule has 0 aliphatic carbocycles. The predicted molar refractivity (Wildman–Crippen MR) is 110 cm³/mol. The zero-order valence-electron chi connectivity index (χ0n) is 14.5. The van der Waals surface area contributed by atoms with E-state index < -0.39 is 5.97 Å². The maximum Gasteiger partial charge on any atom is 0.341 e. The van der Waals surface area contributed by atoms with Crippen LogP contribution in [0.3, 0.4) is 0 Å². The zero-order valence-corrected chi connectivity index (χ0v) is 16.9. The summed E-state index contributed by atoms with van der Waals surface area (Å²) in [6, 6.07) is 12.3. The molecule has 28 heavy (non-hydrogen) atoms. The number of thiophene rings is 1. The van der Waals surface area contributed by atoms with E-state index in [0.29, 0.717) is 15.8 Å². The van der Waals surface area contributed by atoms with Gasteiger partial charge in [0.1, 0.15) is 15.6 Å². The molecule has 0 unspecified atom stereocenters. The summed E-state index contributed by atoms with van der Waals surface area (Å²) in [5.41, 5.74) is 2.60. The summed E-state index contributed by atoms with van der Waals surface area (Å²) >= 11 is 9.22. The molecule has 3 aromatic rings. The van der Waals surface area contributed by atoms with E-state index in [1.54, 1.807) is 6.07 Å². The van der Waals surface area contributed by atoms with Gasteiger partial charge >= 0.3 is 5.97 Å². The molecule has 1 aliphatic heterocycles. The molecule has 0 fully saturated rings. The van der Waals surface area contributed by atoms with Crippen LogP contribution in [0.15, 0.2) is 46.7 Å². The number of fused-ring (bicyclic) bond motifs is 1. The smallest absolute Gasteiger partial charge is 0.341 e. The quantitative estimate of drug-likeness (QED) is 0.410. The van der Waals surface area contributed by atoms with E-state index in [9.17, 15) is 9.90 Å². The SMILES string of the molecule is COC(=O)c1ccc(NSc2cc(-c3ccc4c(c3)OCO4)c(Cl)s2)cc1O. The van der Waals surface area contributed by atoms with Crippen molar-refractivity contribution < 1.29 is 24.1 Å². The number of phenolic OH excluding ortho intramolecular Hbond substituents is 1. The molecule has 0 spiro atoms. The summed E-state index contributed by atoms with van der Waals surface area (Å²) in [6.45, 7) is 0.225. The van der Waals surface area contributed by atoms with E-state index >= 15 is 0 Å². The van der Waals surface area contributed by atoms with E-state index in [1.165, 1.54) is 42.5 Å². The van der Waals surface area contributed by atoms with Crippen LogP contribution in [0.5, 0.6) is 17.2 Å². The Hall–Kier alpha value is -2.55. The molecule has 2 heterocycles. The lowest BCUT2D eigenvalue weighted by molar-refractivity contribution is 0.0597. The molecule has 0 atom stereocenters. The molecule has 4 rings (SSSR count). The van der Waals surface area contributed by atoms with Crippen molar-refractivity contribution in [3.05, 3.63) is 52.4 Å². The number of methoxy groups -OCH3 is 1. The van der Waals surface area contributed by atoms with Crippen molar-refractivity contribution in [3.63, 3.8) is 0 Å². The maximum atomic E-state index is 11.5. The summed E-state index contributed by atoms with van der Waals surface area (Å²) in [5, 5.41) is 9.97. The lowest BCUT2D eigenvalue weighted by Gasteiger charge is -2.07. The number of halogens is 1. The second-order valence-electron chi connectivity index (χ2n) is 5.75. The van der Waals surface area contributed by atoms with Crippen molar-refractivity contribution in [1.29, 1.82) is 0 Å². The number of anilines is 1.